The van der Waals surface area contributed by atoms with Crippen LogP contribution in [-0.2, 0) is 4.79 Å². The van der Waals surface area contributed by atoms with Crippen LogP contribution in [0.5, 0.6) is 0 Å². The molecule has 4 nitrogen and oxygen atoms in total. The Morgan fingerprint density at radius 1 is 0.511 bits per heavy atom. The minimum Gasteiger partial charge on any atom is -0.394 e. The highest BCUT2D eigenvalue weighted by atomic mass is 16.3. The summed E-state index contributed by atoms with van der Waals surface area (Å²) in [6, 6.07) is -0.534. The lowest BCUT2D eigenvalue weighted by Crippen LogP contribution is -2.45. The number of aliphatic hydroxyl groups is 2. The number of rotatable bonds is 37. The Balaban J connectivity index is 3.53. The summed E-state index contributed by atoms with van der Waals surface area (Å²) in [5.41, 5.74) is 0. The molecule has 0 bridgehead atoms. The molecule has 268 valence electrons. The zero-order chi connectivity index (χ0) is 32.9. The first kappa shape index (κ1) is 44.1. The first-order valence-electron chi connectivity index (χ1n) is 20.4. The highest BCUT2D eigenvalue weighted by Gasteiger charge is 2.19. The predicted octanol–water partition coefficient (Wildman–Crippen LogP) is 12.3. The number of nitrogens with one attached hydrogen (secondary N) is 1. The minimum atomic E-state index is -0.656. The zero-order valence-corrected chi connectivity index (χ0v) is 30.7. The lowest BCUT2D eigenvalue weighted by Gasteiger charge is -2.22. The molecule has 0 fully saturated rings. The van der Waals surface area contributed by atoms with Crippen molar-refractivity contribution in [2.24, 2.45) is 0 Å². The molecule has 4 heteroatoms. The molecule has 0 aliphatic heterocycles. The van der Waals surface area contributed by atoms with Gasteiger partial charge in [0.25, 0.3) is 0 Å². The summed E-state index contributed by atoms with van der Waals surface area (Å²) >= 11 is 0. The van der Waals surface area contributed by atoms with Crippen molar-refractivity contribution in [2.45, 2.75) is 238 Å². The van der Waals surface area contributed by atoms with Gasteiger partial charge >= 0.3 is 0 Å². The van der Waals surface area contributed by atoms with E-state index in [1.54, 1.807) is 0 Å². The molecule has 2 unspecified atom stereocenters. The number of carbonyl (C=O) groups is 1. The fraction of sp³-hybridized carbons (Fsp3) is 0.927. The molecule has 0 heterocycles. The molecule has 0 spiro atoms. The van der Waals surface area contributed by atoms with Gasteiger partial charge in [-0.05, 0) is 38.5 Å². The van der Waals surface area contributed by atoms with Crippen LogP contribution in [0.15, 0.2) is 12.2 Å². The quantitative estimate of drug-likeness (QED) is 0.0470. The van der Waals surface area contributed by atoms with Crippen LogP contribution >= 0.6 is 0 Å². The molecule has 1 amide bonds. The summed E-state index contributed by atoms with van der Waals surface area (Å²) in [5, 5.41) is 23.1. The van der Waals surface area contributed by atoms with Crippen LogP contribution < -0.4 is 5.32 Å². The van der Waals surface area contributed by atoms with Gasteiger partial charge in [-0.3, -0.25) is 4.79 Å². The predicted molar refractivity (Wildman–Crippen MR) is 198 cm³/mol. The van der Waals surface area contributed by atoms with Gasteiger partial charge in [0.2, 0.25) is 5.91 Å². The van der Waals surface area contributed by atoms with Crippen LogP contribution in [0.1, 0.15) is 226 Å². The maximum Gasteiger partial charge on any atom is 0.220 e. The zero-order valence-electron chi connectivity index (χ0n) is 30.7. The topological polar surface area (TPSA) is 69.6 Å². The van der Waals surface area contributed by atoms with Crippen LogP contribution in [0.4, 0.5) is 0 Å². The Kier molecular flexibility index (Phi) is 36.9. The molecule has 0 aromatic heterocycles. The van der Waals surface area contributed by atoms with Crippen molar-refractivity contribution < 1.29 is 15.0 Å². The van der Waals surface area contributed by atoms with E-state index in [9.17, 15) is 15.0 Å². The molecular formula is C41H81NO3. The molecule has 0 saturated carbocycles. The third-order valence-electron chi connectivity index (χ3n) is 9.53. The average Bonchev–Trinajstić information content (AvgIpc) is 3.04. The molecule has 0 saturated heterocycles. The van der Waals surface area contributed by atoms with Gasteiger partial charge in [-0.15, -0.1) is 0 Å². The van der Waals surface area contributed by atoms with Crippen molar-refractivity contribution in [2.75, 3.05) is 6.61 Å². The highest BCUT2D eigenvalue weighted by Crippen LogP contribution is 2.16. The summed E-state index contributed by atoms with van der Waals surface area (Å²) in [6.07, 6.45) is 45.6. The third-order valence-corrected chi connectivity index (χ3v) is 9.53. The normalized spacial score (nSPS) is 13.1. The second kappa shape index (κ2) is 37.6. The standard InChI is InChI=1S/C41H81NO3/c1-3-5-7-9-11-13-15-17-19-21-23-25-27-29-31-33-35-37-41(45)42-39(38-43)40(44)36-34-32-30-28-26-24-22-20-18-16-14-12-10-8-6-4-2/h17,19,39-40,43-44H,3-16,18,20-38H2,1-2H3,(H,42,45)/b19-17-. The van der Waals surface area contributed by atoms with Gasteiger partial charge in [0.05, 0.1) is 18.8 Å². The number of carbonyl (C=O) groups excluding carboxylic acids is 1. The Labute approximate surface area is 282 Å². The van der Waals surface area contributed by atoms with E-state index in [-0.39, 0.29) is 12.5 Å². The molecule has 2 atom stereocenters. The van der Waals surface area contributed by atoms with E-state index in [1.807, 2.05) is 0 Å². The van der Waals surface area contributed by atoms with Gasteiger partial charge < -0.3 is 15.5 Å². The smallest absolute Gasteiger partial charge is 0.220 e. The first-order chi connectivity index (χ1) is 22.2. The van der Waals surface area contributed by atoms with Gasteiger partial charge in [-0.2, -0.15) is 0 Å². The Morgan fingerprint density at radius 2 is 0.844 bits per heavy atom. The summed E-state index contributed by atoms with van der Waals surface area (Å²) in [5.74, 6) is -0.0344. The summed E-state index contributed by atoms with van der Waals surface area (Å²) in [7, 11) is 0. The number of allylic oxidation sites excluding steroid dienone is 2. The molecule has 0 rings (SSSR count). The number of aliphatic hydroxyl groups excluding tert-OH is 2. The van der Waals surface area contributed by atoms with Crippen molar-refractivity contribution in [3.63, 3.8) is 0 Å². The van der Waals surface area contributed by atoms with Crippen LogP contribution in [0.3, 0.4) is 0 Å². The first-order valence-corrected chi connectivity index (χ1v) is 20.4. The number of amides is 1. The van der Waals surface area contributed by atoms with Crippen molar-refractivity contribution in [3.05, 3.63) is 12.2 Å². The number of hydrogen-bond acceptors (Lipinski definition) is 3. The average molecular weight is 636 g/mol. The molecule has 0 aromatic rings. The lowest BCUT2D eigenvalue weighted by molar-refractivity contribution is -0.123. The van der Waals surface area contributed by atoms with Gasteiger partial charge in [-0.25, -0.2) is 0 Å². The van der Waals surface area contributed by atoms with Crippen molar-refractivity contribution in [1.82, 2.24) is 5.32 Å². The second-order valence-corrected chi connectivity index (χ2v) is 14.1. The summed E-state index contributed by atoms with van der Waals surface area (Å²) in [6.45, 7) is 4.36. The Bertz CT molecular complexity index is 608. The van der Waals surface area contributed by atoms with Crippen molar-refractivity contribution in [3.8, 4) is 0 Å². The van der Waals surface area contributed by atoms with Crippen molar-refractivity contribution in [1.29, 1.82) is 0 Å². The van der Waals surface area contributed by atoms with Crippen LogP contribution in [0, 0.1) is 0 Å². The third kappa shape index (κ3) is 34.3. The van der Waals surface area contributed by atoms with E-state index in [1.165, 1.54) is 173 Å². The summed E-state index contributed by atoms with van der Waals surface area (Å²) in [4.78, 5) is 12.4. The molecular weight excluding hydrogens is 554 g/mol. The van der Waals surface area contributed by atoms with Crippen LogP contribution in [-0.4, -0.2) is 34.9 Å². The van der Waals surface area contributed by atoms with E-state index in [0.29, 0.717) is 12.8 Å². The van der Waals surface area contributed by atoms with E-state index in [2.05, 4.69) is 31.3 Å². The van der Waals surface area contributed by atoms with Crippen LogP contribution in [0.2, 0.25) is 0 Å². The molecule has 0 aromatic carbocycles. The van der Waals surface area contributed by atoms with Gasteiger partial charge in [-0.1, -0.05) is 193 Å². The molecule has 45 heavy (non-hydrogen) atoms. The monoisotopic (exact) mass is 636 g/mol. The molecule has 0 radical (unpaired) electrons. The second-order valence-electron chi connectivity index (χ2n) is 14.1. The van der Waals surface area contributed by atoms with Gasteiger partial charge in [0.1, 0.15) is 0 Å². The fourth-order valence-corrected chi connectivity index (χ4v) is 6.36. The van der Waals surface area contributed by atoms with E-state index in [0.717, 1.165) is 25.7 Å². The minimum absolute atomic E-state index is 0.0344. The van der Waals surface area contributed by atoms with E-state index < -0.39 is 12.1 Å². The van der Waals surface area contributed by atoms with Gasteiger partial charge in [0, 0.05) is 6.42 Å². The molecule has 0 aliphatic rings. The molecule has 3 N–H and O–H groups in total. The largest absolute Gasteiger partial charge is 0.394 e. The number of unbranched alkanes of at least 4 members (excludes halogenated alkanes) is 28. The van der Waals surface area contributed by atoms with Gasteiger partial charge in [0.15, 0.2) is 0 Å². The Hall–Kier alpha value is -0.870. The van der Waals surface area contributed by atoms with Crippen LogP contribution in [0.25, 0.3) is 0 Å². The maximum atomic E-state index is 12.4. The van der Waals surface area contributed by atoms with E-state index >= 15 is 0 Å². The molecule has 0 aliphatic carbocycles. The van der Waals surface area contributed by atoms with E-state index in [4.69, 9.17) is 0 Å². The highest BCUT2D eigenvalue weighted by molar-refractivity contribution is 5.76. The summed E-state index contributed by atoms with van der Waals surface area (Å²) < 4.78 is 0. The lowest BCUT2D eigenvalue weighted by atomic mass is 10.0. The number of hydrogen-bond donors (Lipinski definition) is 3. The maximum absolute atomic E-state index is 12.4. The fourth-order valence-electron chi connectivity index (χ4n) is 6.36. The van der Waals surface area contributed by atoms with Crippen molar-refractivity contribution >= 4 is 5.91 Å². The SMILES string of the molecule is CCCCCCCC/C=C\CCCCCCCCCC(=O)NC(CO)C(O)CCCCCCCCCCCCCCCCCC. The Morgan fingerprint density at radius 3 is 1.22 bits per heavy atom.